The Bertz CT molecular complexity index is 1250. The third kappa shape index (κ3) is 3.63. The lowest BCUT2D eigenvalue weighted by Gasteiger charge is -2.27. The van der Waals surface area contributed by atoms with Crippen LogP contribution in [0.4, 0.5) is 11.5 Å². The molecule has 1 aliphatic rings. The van der Waals surface area contributed by atoms with Gasteiger partial charge in [0.2, 0.25) is 0 Å². The lowest BCUT2D eigenvalue weighted by molar-refractivity contribution is 0.277. The van der Waals surface area contributed by atoms with E-state index in [9.17, 15) is 14.3 Å². The van der Waals surface area contributed by atoms with Gasteiger partial charge in [0.05, 0.1) is 33.3 Å². The molecule has 150 valence electrons. The molecule has 1 fully saturated rings. The molecule has 1 aromatic carbocycles. The summed E-state index contributed by atoms with van der Waals surface area (Å²) in [5.74, 6) is 0.285. The van der Waals surface area contributed by atoms with Gasteiger partial charge in [0.15, 0.2) is 5.82 Å². The molecule has 3 atom stereocenters. The highest BCUT2D eigenvalue weighted by Gasteiger charge is 2.29. The summed E-state index contributed by atoms with van der Waals surface area (Å²) >= 11 is 0. The van der Waals surface area contributed by atoms with E-state index in [2.05, 4.69) is 21.5 Å². The molecule has 0 spiro atoms. The van der Waals surface area contributed by atoms with E-state index in [4.69, 9.17) is 4.78 Å². The van der Waals surface area contributed by atoms with Crippen molar-refractivity contribution in [2.24, 2.45) is 5.92 Å². The van der Waals surface area contributed by atoms with Crippen molar-refractivity contribution in [1.82, 2.24) is 14.8 Å². The molecule has 1 aliphatic carbocycles. The fourth-order valence-electron chi connectivity index (χ4n) is 3.93. The zero-order chi connectivity index (χ0) is 20.6. The van der Waals surface area contributed by atoms with E-state index < -0.39 is 9.73 Å². The van der Waals surface area contributed by atoms with Crippen LogP contribution in [0.15, 0.2) is 46.2 Å². The van der Waals surface area contributed by atoms with Crippen molar-refractivity contribution in [2.75, 3.05) is 11.6 Å². The fourth-order valence-corrected chi connectivity index (χ4v) is 4.58. The maximum atomic E-state index is 12.5. The van der Waals surface area contributed by atoms with Crippen LogP contribution in [0, 0.1) is 22.0 Å². The lowest BCUT2D eigenvalue weighted by atomic mass is 9.85. The molecule has 4 rings (SSSR count). The number of nitrogens with zero attached hydrogens (tertiary/aromatic N) is 3. The number of benzene rings is 1. The van der Waals surface area contributed by atoms with E-state index in [0.717, 1.165) is 25.7 Å². The Hall–Kier alpha value is -3.12. The molecule has 0 saturated heterocycles. The summed E-state index contributed by atoms with van der Waals surface area (Å²) in [6.07, 6.45) is 6.71. The second-order valence-electron chi connectivity index (χ2n) is 7.44. The van der Waals surface area contributed by atoms with E-state index in [0.29, 0.717) is 27.3 Å². The average Bonchev–Trinajstić information content (AvgIpc) is 3.07. The van der Waals surface area contributed by atoms with Crippen LogP contribution in [0.1, 0.15) is 31.7 Å². The van der Waals surface area contributed by atoms with Crippen molar-refractivity contribution in [2.45, 2.75) is 36.6 Å². The molecule has 29 heavy (non-hydrogen) atoms. The second-order valence-corrected chi connectivity index (χ2v) is 9.60. The number of pyridine rings is 1. The number of aromatic amines is 1. The van der Waals surface area contributed by atoms with E-state index in [-0.39, 0.29) is 17.5 Å². The zero-order valence-corrected chi connectivity index (χ0v) is 16.8. The predicted molar refractivity (Wildman–Crippen MR) is 112 cm³/mol. The third-order valence-corrected chi connectivity index (χ3v) is 6.58. The maximum absolute atomic E-state index is 12.5. The minimum absolute atomic E-state index is 0.0657. The Morgan fingerprint density at radius 3 is 2.69 bits per heavy atom. The van der Waals surface area contributed by atoms with Crippen molar-refractivity contribution in [3.8, 4) is 6.07 Å². The van der Waals surface area contributed by atoms with Crippen LogP contribution in [-0.2, 0) is 9.73 Å². The minimum atomic E-state index is -2.79. The van der Waals surface area contributed by atoms with E-state index in [1.807, 2.05) is 10.7 Å². The van der Waals surface area contributed by atoms with Gasteiger partial charge in [-0.2, -0.15) is 10.4 Å². The van der Waals surface area contributed by atoms with Gasteiger partial charge in [-0.15, -0.1) is 0 Å². The summed E-state index contributed by atoms with van der Waals surface area (Å²) in [4.78, 5) is 15.7. The van der Waals surface area contributed by atoms with Crippen LogP contribution < -0.4 is 10.9 Å². The number of hydrogen-bond donors (Lipinski definition) is 3. The normalized spacial score (nSPS) is 21.4. The molecule has 3 aromatic rings. The quantitative estimate of drug-likeness (QED) is 0.603. The number of rotatable bonds is 4. The fraction of sp³-hybridized carbons (Fsp3) is 0.350. The summed E-state index contributed by atoms with van der Waals surface area (Å²) in [5, 5.41) is 17.9. The standard InChI is InChI=1S/C20H22N6O2S/c1-29(22,28)15-8-6-14(7-9-15)24-19-18-17(10-11-23-20(18)27)26(25-19)16-5-3-2-4-13(16)12-21/h6-11,13,16,22H,2-5H2,1H3,(H,23,27)(H,24,25)/t13-,16+,29?/m1/s1. The third-order valence-electron chi connectivity index (χ3n) is 5.41. The first-order valence-electron chi connectivity index (χ1n) is 9.49. The smallest absolute Gasteiger partial charge is 0.261 e. The monoisotopic (exact) mass is 410 g/mol. The number of H-pyrrole nitrogens is 1. The SMILES string of the molecule is CS(=N)(=O)c1ccc(Nc2nn([C@H]3CCCC[C@@H]3C#N)c3cc[nH]c(=O)c23)cc1. The number of hydrogen-bond acceptors (Lipinski definition) is 6. The first-order valence-corrected chi connectivity index (χ1v) is 11.5. The molecule has 3 N–H and O–H groups in total. The molecule has 1 unspecified atom stereocenters. The van der Waals surface area contributed by atoms with Gasteiger partial charge in [-0.25, -0.2) is 8.99 Å². The number of nitriles is 1. The number of anilines is 2. The molecule has 1 saturated carbocycles. The Morgan fingerprint density at radius 1 is 1.28 bits per heavy atom. The Balaban J connectivity index is 1.77. The molecular weight excluding hydrogens is 388 g/mol. The summed E-state index contributed by atoms with van der Waals surface area (Å²) in [6, 6.07) is 10.8. The number of aromatic nitrogens is 3. The highest BCUT2D eigenvalue weighted by molar-refractivity contribution is 7.91. The minimum Gasteiger partial charge on any atom is -0.338 e. The topological polar surface area (TPSA) is 127 Å². The van der Waals surface area contributed by atoms with Crippen molar-refractivity contribution >= 4 is 32.1 Å². The first kappa shape index (κ1) is 19.2. The van der Waals surface area contributed by atoms with Crippen molar-refractivity contribution in [3.05, 3.63) is 46.9 Å². The lowest BCUT2D eigenvalue weighted by Crippen LogP contribution is -2.23. The second kappa shape index (κ2) is 7.37. The zero-order valence-electron chi connectivity index (χ0n) is 16.0. The van der Waals surface area contributed by atoms with Crippen LogP contribution in [-0.4, -0.2) is 25.2 Å². The van der Waals surface area contributed by atoms with Gasteiger partial charge >= 0.3 is 0 Å². The number of nitrogens with one attached hydrogen (secondary N) is 3. The maximum Gasteiger partial charge on any atom is 0.261 e. The first-order chi connectivity index (χ1) is 13.9. The molecule has 0 bridgehead atoms. The van der Waals surface area contributed by atoms with Crippen molar-refractivity contribution in [1.29, 1.82) is 10.0 Å². The molecule has 8 nitrogen and oxygen atoms in total. The Kier molecular flexibility index (Phi) is 4.88. The van der Waals surface area contributed by atoms with E-state index >= 15 is 0 Å². The number of fused-ring (bicyclic) bond motifs is 1. The van der Waals surface area contributed by atoms with Gasteiger partial charge in [-0.05, 0) is 43.2 Å². The molecule has 9 heteroatoms. The van der Waals surface area contributed by atoms with E-state index in [1.165, 1.54) is 6.26 Å². The molecule has 2 heterocycles. The molecular formula is C20H22N6O2S. The Labute approximate surface area is 168 Å². The van der Waals surface area contributed by atoms with Gasteiger partial charge in [-0.3, -0.25) is 9.48 Å². The Morgan fingerprint density at radius 2 is 2.00 bits per heavy atom. The summed E-state index contributed by atoms with van der Waals surface area (Å²) in [5.41, 5.74) is 1.12. The van der Waals surface area contributed by atoms with Gasteiger partial charge in [0.25, 0.3) is 5.56 Å². The highest BCUT2D eigenvalue weighted by Crippen LogP contribution is 2.36. The average molecular weight is 411 g/mol. The van der Waals surface area contributed by atoms with Gasteiger partial charge in [0, 0.05) is 23.0 Å². The summed E-state index contributed by atoms with van der Waals surface area (Å²) in [6.45, 7) is 0. The van der Waals surface area contributed by atoms with Crippen LogP contribution >= 0.6 is 0 Å². The predicted octanol–water partition coefficient (Wildman–Crippen LogP) is 3.76. The van der Waals surface area contributed by atoms with Crippen LogP contribution in [0.2, 0.25) is 0 Å². The molecule has 2 aromatic heterocycles. The van der Waals surface area contributed by atoms with Gasteiger partial charge in [-0.1, -0.05) is 12.8 Å². The highest BCUT2D eigenvalue weighted by atomic mass is 32.2. The largest absolute Gasteiger partial charge is 0.338 e. The molecule has 0 amide bonds. The summed E-state index contributed by atoms with van der Waals surface area (Å²) in [7, 11) is -2.79. The van der Waals surface area contributed by atoms with Crippen LogP contribution in [0.25, 0.3) is 10.9 Å². The van der Waals surface area contributed by atoms with Gasteiger partial charge in [0.1, 0.15) is 5.39 Å². The van der Waals surface area contributed by atoms with Crippen LogP contribution in [0.3, 0.4) is 0 Å². The van der Waals surface area contributed by atoms with Crippen molar-refractivity contribution < 1.29 is 4.21 Å². The van der Waals surface area contributed by atoms with Crippen LogP contribution in [0.5, 0.6) is 0 Å². The molecule has 0 radical (unpaired) electrons. The molecule has 0 aliphatic heterocycles. The van der Waals surface area contributed by atoms with Gasteiger partial charge < -0.3 is 10.3 Å². The van der Waals surface area contributed by atoms with E-state index in [1.54, 1.807) is 30.5 Å². The summed E-state index contributed by atoms with van der Waals surface area (Å²) < 4.78 is 21.4. The van der Waals surface area contributed by atoms with Crippen molar-refractivity contribution in [3.63, 3.8) is 0 Å².